The fraction of sp³-hybridized carbons (Fsp3) is 0.391. The highest BCUT2D eigenvalue weighted by molar-refractivity contribution is 5.93. The summed E-state index contributed by atoms with van der Waals surface area (Å²) < 4.78 is 5.17. The number of imidazole rings is 1. The number of carboxylic acids is 2. The van der Waals surface area contributed by atoms with E-state index in [9.17, 15) is 29.1 Å². The molecule has 2 aromatic rings. The van der Waals surface area contributed by atoms with Gasteiger partial charge in [0.1, 0.15) is 24.7 Å². The number of nitrogens with zero attached hydrogens (tertiary/aromatic N) is 1. The summed E-state index contributed by atoms with van der Waals surface area (Å²) in [4.78, 5) is 67.1. The fourth-order valence-electron chi connectivity index (χ4n) is 3.16. The number of benzene rings is 1. The van der Waals surface area contributed by atoms with E-state index in [1.807, 2.05) is 6.07 Å². The molecule has 3 atom stereocenters. The van der Waals surface area contributed by atoms with Crippen LogP contribution >= 0.6 is 0 Å². The van der Waals surface area contributed by atoms with Crippen molar-refractivity contribution in [1.29, 1.82) is 0 Å². The molecule has 0 radical (unpaired) electrons. The zero-order valence-electron chi connectivity index (χ0n) is 19.8. The van der Waals surface area contributed by atoms with Gasteiger partial charge in [0.25, 0.3) is 0 Å². The minimum Gasteiger partial charge on any atom is -0.481 e. The molecule has 0 saturated heterocycles. The quantitative estimate of drug-likeness (QED) is 0.224. The Labute approximate surface area is 206 Å². The lowest BCUT2D eigenvalue weighted by Crippen LogP contribution is -2.57. The lowest BCUT2D eigenvalue weighted by Gasteiger charge is -2.25. The van der Waals surface area contributed by atoms with Crippen molar-refractivity contribution in [1.82, 2.24) is 25.9 Å². The third-order valence-corrected chi connectivity index (χ3v) is 5.04. The summed E-state index contributed by atoms with van der Waals surface area (Å²) in [6.07, 6.45) is 0.986. The van der Waals surface area contributed by atoms with E-state index in [4.69, 9.17) is 9.84 Å². The first-order valence-electron chi connectivity index (χ1n) is 11.1. The number of alkyl carbamates (subject to hydrolysis) is 1. The maximum Gasteiger partial charge on any atom is 0.408 e. The van der Waals surface area contributed by atoms with Crippen molar-refractivity contribution in [3.05, 3.63) is 54.1 Å². The number of hydrogen-bond acceptors (Lipinski definition) is 7. The van der Waals surface area contributed by atoms with Gasteiger partial charge in [0.15, 0.2) is 0 Å². The van der Waals surface area contributed by atoms with Gasteiger partial charge in [-0.3, -0.25) is 14.4 Å². The number of amides is 3. The molecule has 0 aliphatic heterocycles. The van der Waals surface area contributed by atoms with E-state index in [2.05, 4.69) is 25.9 Å². The first kappa shape index (κ1) is 27.8. The number of nitrogens with one attached hydrogen (secondary N) is 4. The number of aromatic amines is 1. The summed E-state index contributed by atoms with van der Waals surface area (Å²) in [5.41, 5.74) is 1.21. The van der Waals surface area contributed by atoms with Gasteiger partial charge < -0.3 is 35.9 Å². The normalized spacial score (nSPS) is 13.2. The van der Waals surface area contributed by atoms with Crippen LogP contribution in [0.2, 0.25) is 0 Å². The van der Waals surface area contributed by atoms with Crippen molar-refractivity contribution >= 4 is 29.8 Å². The number of aliphatic carboxylic acids is 2. The smallest absolute Gasteiger partial charge is 0.408 e. The van der Waals surface area contributed by atoms with Crippen molar-refractivity contribution in [2.75, 3.05) is 0 Å². The lowest BCUT2D eigenvalue weighted by atomic mass is 10.0. The molecule has 0 spiro atoms. The molecule has 194 valence electrons. The van der Waals surface area contributed by atoms with Crippen LogP contribution in [0, 0.1) is 5.92 Å². The van der Waals surface area contributed by atoms with Gasteiger partial charge in [0.2, 0.25) is 11.8 Å². The van der Waals surface area contributed by atoms with Gasteiger partial charge in [-0.05, 0) is 11.5 Å². The van der Waals surface area contributed by atoms with E-state index in [1.54, 1.807) is 38.1 Å². The second-order valence-corrected chi connectivity index (χ2v) is 8.27. The summed E-state index contributed by atoms with van der Waals surface area (Å²) in [5.74, 6) is -4.99. The first-order chi connectivity index (χ1) is 17.1. The largest absolute Gasteiger partial charge is 0.481 e. The van der Waals surface area contributed by atoms with Crippen LogP contribution in [-0.4, -0.2) is 68.2 Å². The molecule has 0 aliphatic carbocycles. The Hall–Kier alpha value is -4.42. The minimum absolute atomic E-state index is 0.00980. The Balaban J connectivity index is 2.10. The minimum atomic E-state index is -1.71. The fourth-order valence-corrected chi connectivity index (χ4v) is 3.16. The van der Waals surface area contributed by atoms with Crippen LogP contribution in [0.5, 0.6) is 0 Å². The highest BCUT2D eigenvalue weighted by Crippen LogP contribution is 2.07. The lowest BCUT2D eigenvalue weighted by molar-refractivity contribution is -0.147. The summed E-state index contributed by atoms with van der Waals surface area (Å²) in [6, 6.07) is 4.85. The number of hydrogen-bond donors (Lipinski definition) is 6. The van der Waals surface area contributed by atoms with Gasteiger partial charge >= 0.3 is 18.0 Å². The van der Waals surface area contributed by atoms with Crippen LogP contribution in [-0.2, 0) is 36.9 Å². The molecule has 0 bridgehead atoms. The Bertz CT molecular complexity index is 1040. The van der Waals surface area contributed by atoms with E-state index >= 15 is 0 Å². The number of carboxylic acid groups (broad SMARTS) is 2. The zero-order chi connectivity index (χ0) is 26.7. The SMILES string of the molecule is CC(C)[C@H](NC(=O)OCc1ccccc1)C(=O)N[C@@H](Cc1cnc[nH]1)C(=O)N[C@@H](CC(=O)O)C(=O)O. The zero-order valence-corrected chi connectivity index (χ0v) is 19.8. The molecule has 3 amide bonds. The van der Waals surface area contributed by atoms with E-state index in [1.165, 1.54) is 12.5 Å². The summed E-state index contributed by atoms with van der Waals surface area (Å²) in [7, 11) is 0. The summed E-state index contributed by atoms with van der Waals surface area (Å²) >= 11 is 0. The van der Waals surface area contributed by atoms with Crippen LogP contribution in [0.4, 0.5) is 4.79 Å². The van der Waals surface area contributed by atoms with Gasteiger partial charge in [-0.2, -0.15) is 0 Å². The predicted octanol–water partition coefficient (Wildman–Crippen LogP) is 0.432. The molecule has 0 aliphatic rings. The molecule has 0 fully saturated rings. The first-order valence-corrected chi connectivity index (χ1v) is 11.1. The summed E-state index contributed by atoms with van der Waals surface area (Å²) in [6.45, 7) is 3.35. The average molecular weight is 504 g/mol. The Kier molecular flexibility index (Phi) is 10.4. The molecule has 1 aromatic heterocycles. The van der Waals surface area contributed by atoms with E-state index in [0.29, 0.717) is 5.69 Å². The number of rotatable bonds is 13. The molecule has 0 unspecified atom stereocenters. The maximum absolute atomic E-state index is 13.0. The molecular weight excluding hydrogens is 474 g/mol. The van der Waals surface area contributed by atoms with Crippen molar-refractivity contribution in [2.24, 2.45) is 5.92 Å². The number of aromatic nitrogens is 2. The third-order valence-electron chi connectivity index (χ3n) is 5.04. The topological polar surface area (TPSA) is 200 Å². The molecule has 13 heteroatoms. The molecule has 13 nitrogen and oxygen atoms in total. The molecular formula is C23H29N5O8. The van der Waals surface area contributed by atoms with Gasteiger partial charge in [-0.1, -0.05) is 44.2 Å². The van der Waals surface area contributed by atoms with Crippen LogP contribution in [0.25, 0.3) is 0 Å². The van der Waals surface area contributed by atoms with Crippen molar-refractivity contribution in [3.63, 3.8) is 0 Å². The van der Waals surface area contributed by atoms with E-state index < -0.39 is 60.3 Å². The molecule has 36 heavy (non-hydrogen) atoms. The van der Waals surface area contributed by atoms with Crippen LogP contribution < -0.4 is 16.0 Å². The van der Waals surface area contributed by atoms with E-state index in [-0.39, 0.29) is 13.0 Å². The second-order valence-electron chi connectivity index (χ2n) is 8.27. The van der Waals surface area contributed by atoms with Crippen LogP contribution in [0.15, 0.2) is 42.9 Å². The third kappa shape index (κ3) is 9.08. The van der Waals surface area contributed by atoms with Gasteiger partial charge in [0.05, 0.1) is 12.7 Å². The van der Waals surface area contributed by atoms with Crippen molar-refractivity contribution in [2.45, 2.75) is 51.4 Å². The molecule has 1 heterocycles. The average Bonchev–Trinajstić information content (AvgIpc) is 3.33. The van der Waals surface area contributed by atoms with Crippen LogP contribution in [0.3, 0.4) is 0 Å². The van der Waals surface area contributed by atoms with Crippen molar-refractivity contribution < 1.29 is 38.9 Å². The molecule has 1 aromatic carbocycles. The Morgan fingerprint density at radius 2 is 1.64 bits per heavy atom. The molecule has 2 rings (SSSR count). The predicted molar refractivity (Wildman–Crippen MR) is 124 cm³/mol. The summed E-state index contributed by atoms with van der Waals surface area (Å²) in [5, 5.41) is 25.3. The molecule has 0 saturated carbocycles. The van der Waals surface area contributed by atoms with E-state index in [0.717, 1.165) is 5.56 Å². The number of ether oxygens (including phenoxy) is 1. The van der Waals surface area contributed by atoms with Gasteiger partial charge in [0, 0.05) is 18.3 Å². The number of carbonyl (C=O) groups excluding carboxylic acids is 3. The Morgan fingerprint density at radius 1 is 0.972 bits per heavy atom. The Morgan fingerprint density at radius 3 is 2.19 bits per heavy atom. The number of carbonyl (C=O) groups is 5. The van der Waals surface area contributed by atoms with Gasteiger partial charge in [-0.25, -0.2) is 14.6 Å². The highest BCUT2D eigenvalue weighted by atomic mass is 16.5. The standard InChI is InChI=1S/C23H29N5O8/c1-13(2)19(28-23(35)36-11-14-6-4-3-5-7-14)21(32)26-16(8-15-10-24-12-25-15)20(31)27-17(22(33)34)9-18(29)30/h3-7,10,12-13,16-17,19H,8-9,11H2,1-2H3,(H,24,25)(H,26,32)(H,27,31)(H,28,35)(H,29,30)(H,33,34)/t16-,17-,19-/m0/s1. The van der Waals surface area contributed by atoms with Crippen LogP contribution in [0.1, 0.15) is 31.5 Å². The number of H-pyrrole nitrogens is 1. The second kappa shape index (κ2) is 13.5. The maximum atomic E-state index is 13.0. The highest BCUT2D eigenvalue weighted by Gasteiger charge is 2.32. The molecule has 6 N–H and O–H groups in total. The monoisotopic (exact) mass is 503 g/mol. The van der Waals surface area contributed by atoms with Crippen molar-refractivity contribution in [3.8, 4) is 0 Å². The van der Waals surface area contributed by atoms with Gasteiger partial charge in [-0.15, -0.1) is 0 Å².